The number of benzene rings is 1. The van der Waals surface area contributed by atoms with E-state index in [0.29, 0.717) is 11.4 Å². The molecule has 1 heterocycles. The number of allylic oxidation sites excluding steroid dienone is 1. The maximum atomic E-state index is 12.0. The fraction of sp³-hybridized carbons (Fsp3) is 0.211. The smallest absolute Gasteiger partial charge is 0.244 e. The summed E-state index contributed by atoms with van der Waals surface area (Å²) in [7, 11) is 1.59. The molecule has 0 saturated carbocycles. The molecule has 0 aliphatic carbocycles. The minimum Gasteiger partial charge on any atom is -0.496 e. The molecule has 2 N–H and O–H groups in total. The zero-order valence-electron chi connectivity index (χ0n) is 14.3. The van der Waals surface area contributed by atoms with E-state index in [1.807, 2.05) is 31.2 Å². The van der Waals surface area contributed by atoms with Crippen LogP contribution in [0.5, 0.6) is 5.75 Å². The Morgan fingerprint density at radius 2 is 2.00 bits per heavy atom. The van der Waals surface area contributed by atoms with Gasteiger partial charge in [-0.05, 0) is 30.7 Å². The number of nitrogens with zero attached hydrogens (tertiary/aromatic N) is 1. The number of nitrogens with one attached hydrogen (secondary N) is 2. The van der Waals surface area contributed by atoms with Crippen LogP contribution in [0.15, 0.2) is 54.9 Å². The van der Waals surface area contributed by atoms with Gasteiger partial charge in [-0.3, -0.25) is 14.6 Å². The van der Waals surface area contributed by atoms with Gasteiger partial charge in [-0.2, -0.15) is 0 Å². The molecule has 0 bridgehead atoms. The Labute approximate surface area is 146 Å². The van der Waals surface area contributed by atoms with E-state index < -0.39 is 0 Å². The van der Waals surface area contributed by atoms with Gasteiger partial charge in [0.25, 0.3) is 0 Å². The number of carbonyl (C=O) groups is 2. The molecule has 130 valence electrons. The van der Waals surface area contributed by atoms with E-state index in [-0.39, 0.29) is 24.8 Å². The van der Waals surface area contributed by atoms with Gasteiger partial charge in [0.1, 0.15) is 5.75 Å². The highest BCUT2D eigenvalue weighted by Gasteiger charge is 2.07. The lowest BCUT2D eigenvalue weighted by molar-refractivity contribution is -0.117. The molecule has 0 saturated heterocycles. The summed E-state index contributed by atoms with van der Waals surface area (Å²) in [5.74, 6) is 0.274. The summed E-state index contributed by atoms with van der Waals surface area (Å²) in [5.41, 5.74) is 2.27. The van der Waals surface area contributed by atoms with E-state index in [4.69, 9.17) is 4.74 Å². The van der Waals surface area contributed by atoms with Gasteiger partial charge in [-0.25, -0.2) is 0 Å². The van der Waals surface area contributed by atoms with E-state index in [2.05, 4.69) is 15.6 Å². The minimum atomic E-state index is -0.252. The summed E-state index contributed by atoms with van der Waals surface area (Å²) >= 11 is 0. The normalized spacial score (nSPS) is 10.9. The third kappa shape index (κ3) is 5.76. The van der Waals surface area contributed by atoms with Crippen molar-refractivity contribution in [3.05, 3.63) is 60.4 Å². The zero-order chi connectivity index (χ0) is 18.1. The van der Waals surface area contributed by atoms with Crippen LogP contribution in [0.4, 0.5) is 5.69 Å². The van der Waals surface area contributed by atoms with Crippen molar-refractivity contribution >= 4 is 23.1 Å². The van der Waals surface area contributed by atoms with Crippen molar-refractivity contribution in [2.24, 2.45) is 0 Å². The van der Waals surface area contributed by atoms with E-state index >= 15 is 0 Å². The van der Waals surface area contributed by atoms with Crippen LogP contribution in [0, 0.1) is 0 Å². The maximum absolute atomic E-state index is 12.0. The number of methoxy groups -OCH3 is 1. The van der Waals surface area contributed by atoms with Crippen molar-refractivity contribution in [1.29, 1.82) is 0 Å². The average molecular weight is 339 g/mol. The third-order valence-corrected chi connectivity index (χ3v) is 3.48. The Morgan fingerprint density at radius 3 is 2.72 bits per heavy atom. The largest absolute Gasteiger partial charge is 0.496 e. The van der Waals surface area contributed by atoms with Crippen molar-refractivity contribution in [2.45, 2.75) is 13.3 Å². The zero-order valence-corrected chi connectivity index (χ0v) is 14.3. The Kier molecular flexibility index (Phi) is 6.71. The second-order valence-electron chi connectivity index (χ2n) is 5.36. The van der Waals surface area contributed by atoms with Crippen molar-refractivity contribution in [3.8, 4) is 5.75 Å². The number of para-hydroxylation sites is 1. The fourth-order valence-corrected chi connectivity index (χ4v) is 2.26. The molecule has 0 fully saturated rings. The SMILES string of the molecule is COc1ccccc1/C(C)=C\C(=O)NCCC(=O)Nc1cccnc1. The first-order valence-electron chi connectivity index (χ1n) is 7.89. The van der Waals surface area contributed by atoms with Crippen LogP contribution >= 0.6 is 0 Å². The molecular formula is C19H21N3O3. The van der Waals surface area contributed by atoms with Crippen LogP contribution in [0.2, 0.25) is 0 Å². The quantitative estimate of drug-likeness (QED) is 0.760. The summed E-state index contributed by atoms with van der Waals surface area (Å²) in [6, 6.07) is 11.0. The number of hydrogen-bond acceptors (Lipinski definition) is 4. The van der Waals surface area contributed by atoms with Crippen LogP contribution in [0.3, 0.4) is 0 Å². The van der Waals surface area contributed by atoms with Gasteiger partial charge in [0.05, 0.1) is 19.0 Å². The number of rotatable bonds is 7. The Hall–Kier alpha value is -3.15. The average Bonchev–Trinajstić information content (AvgIpc) is 2.62. The van der Waals surface area contributed by atoms with Gasteiger partial charge >= 0.3 is 0 Å². The number of ether oxygens (including phenoxy) is 1. The van der Waals surface area contributed by atoms with E-state index in [1.54, 1.807) is 31.6 Å². The predicted molar refractivity (Wildman–Crippen MR) is 97.1 cm³/mol. The molecule has 1 aromatic carbocycles. The summed E-state index contributed by atoms with van der Waals surface area (Å²) in [6.07, 6.45) is 4.88. The molecule has 2 aromatic rings. The third-order valence-electron chi connectivity index (χ3n) is 3.48. The van der Waals surface area contributed by atoms with Crippen LogP contribution < -0.4 is 15.4 Å². The summed E-state index contributed by atoms with van der Waals surface area (Å²) in [6.45, 7) is 2.09. The van der Waals surface area contributed by atoms with Crippen LogP contribution in [0.1, 0.15) is 18.9 Å². The summed E-state index contributed by atoms with van der Waals surface area (Å²) in [5, 5.41) is 5.42. The molecule has 2 amide bonds. The molecule has 1 aromatic heterocycles. The van der Waals surface area contributed by atoms with Crippen molar-refractivity contribution in [1.82, 2.24) is 10.3 Å². The number of anilines is 1. The number of carbonyl (C=O) groups excluding carboxylic acids is 2. The van der Waals surface area contributed by atoms with E-state index in [1.165, 1.54) is 6.08 Å². The molecule has 0 atom stereocenters. The van der Waals surface area contributed by atoms with Gasteiger partial charge in [0, 0.05) is 30.8 Å². The predicted octanol–water partition coefficient (Wildman–Crippen LogP) is 2.64. The van der Waals surface area contributed by atoms with E-state index in [9.17, 15) is 9.59 Å². The first-order chi connectivity index (χ1) is 12.1. The molecule has 0 spiro atoms. The fourth-order valence-electron chi connectivity index (χ4n) is 2.26. The molecule has 6 nitrogen and oxygen atoms in total. The Bertz CT molecular complexity index is 758. The van der Waals surface area contributed by atoms with Gasteiger partial charge in [0.2, 0.25) is 11.8 Å². The lowest BCUT2D eigenvalue weighted by Gasteiger charge is -2.09. The topological polar surface area (TPSA) is 80.3 Å². The molecule has 25 heavy (non-hydrogen) atoms. The number of pyridine rings is 1. The first-order valence-corrected chi connectivity index (χ1v) is 7.89. The Morgan fingerprint density at radius 1 is 1.20 bits per heavy atom. The summed E-state index contributed by atoms with van der Waals surface area (Å²) < 4.78 is 5.29. The molecule has 0 unspecified atom stereocenters. The molecular weight excluding hydrogens is 318 g/mol. The molecule has 0 radical (unpaired) electrons. The Balaban J connectivity index is 1.82. The lowest BCUT2D eigenvalue weighted by atomic mass is 10.1. The minimum absolute atomic E-state index is 0.182. The van der Waals surface area contributed by atoms with Crippen molar-refractivity contribution in [2.75, 3.05) is 19.0 Å². The second-order valence-corrected chi connectivity index (χ2v) is 5.36. The number of aromatic nitrogens is 1. The van der Waals surface area contributed by atoms with Gasteiger partial charge in [-0.15, -0.1) is 0 Å². The number of amides is 2. The van der Waals surface area contributed by atoms with Crippen molar-refractivity contribution < 1.29 is 14.3 Å². The molecule has 0 aliphatic rings. The van der Waals surface area contributed by atoms with Gasteiger partial charge in [-0.1, -0.05) is 18.2 Å². The first kappa shape index (κ1) is 18.2. The summed E-state index contributed by atoms with van der Waals surface area (Å²) in [4.78, 5) is 27.7. The highest BCUT2D eigenvalue weighted by Crippen LogP contribution is 2.24. The van der Waals surface area contributed by atoms with E-state index in [0.717, 1.165) is 11.1 Å². The highest BCUT2D eigenvalue weighted by atomic mass is 16.5. The van der Waals surface area contributed by atoms with Crippen molar-refractivity contribution in [3.63, 3.8) is 0 Å². The molecule has 6 heteroatoms. The number of hydrogen-bond donors (Lipinski definition) is 2. The van der Waals surface area contributed by atoms with Gasteiger partial charge < -0.3 is 15.4 Å². The molecule has 2 rings (SSSR count). The van der Waals surface area contributed by atoms with Crippen LogP contribution in [-0.2, 0) is 9.59 Å². The van der Waals surface area contributed by atoms with Gasteiger partial charge in [0.15, 0.2) is 0 Å². The lowest BCUT2D eigenvalue weighted by Crippen LogP contribution is -2.26. The monoisotopic (exact) mass is 339 g/mol. The molecule has 0 aliphatic heterocycles. The maximum Gasteiger partial charge on any atom is 0.244 e. The van der Waals surface area contributed by atoms with Crippen LogP contribution in [0.25, 0.3) is 5.57 Å². The highest BCUT2D eigenvalue weighted by molar-refractivity contribution is 5.96. The van der Waals surface area contributed by atoms with Crippen LogP contribution in [-0.4, -0.2) is 30.5 Å². The standard InChI is InChI=1S/C19H21N3O3/c1-14(16-7-3-4-8-17(16)25-2)12-19(24)21-11-9-18(23)22-15-6-5-10-20-13-15/h3-8,10,12-13H,9,11H2,1-2H3,(H,21,24)(H,22,23)/b14-12-. The second kappa shape index (κ2) is 9.22.